The quantitative estimate of drug-likeness (QED) is 0.671. The number of oxazole rings is 1. The first kappa shape index (κ1) is 17.0. The smallest absolute Gasteiger partial charge is 0.252 e. The summed E-state index contributed by atoms with van der Waals surface area (Å²) in [5, 5.41) is 0. The van der Waals surface area contributed by atoms with Crippen LogP contribution in [0.25, 0.3) is 11.2 Å². The summed E-state index contributed by atoms with van der Waals surface area (Å²) in [4.78, 5) is 20.2. The fraction of sp³-hybridized carbons (Fsp3) is 0.556. The van der Waals surface area contributed by atoms with Gasteiger partial charge in [-0.3, -0.25) is 0 Å². The summed E-state index contributed by atoms with van der Waals surface area (Å²) < 4.78 is 13.1. The average molecular weight is 356 g/mol. The Balaban J connectivity index is 1.60. The lowest BCUT2D eigenvalue weighted by atomic mass is 9.97. The minimum atomic E-state index is 0.359. The van der Waals surface area contributed by atoms with Gasteiger partial charge in [0.25, 0.3) is 5.71 Å². The number of piperidine rings is 1. The van der Waals surface area contributed by atoms with E-state index in [2.05, 4.69) is 29.4 Å². The van der Waals surface area contributed by atoms with Gasteiger partial charge in [0, 0.05) is 51.5 Å². The van der Waals surface area contributed by atoms with E-state index < -0.39 is 0 Å². The molecule has 26 heavy (non-hydrogen) atoms. The Morgan fingerprint density at radius 3 is 3.08 bits per heavy atom. The van der Waals surface area contributed by atoms with Crippen molar-refractivity contribution in [1.29, 1.82) is 0 Å². The van der Waals surface area contributed by atoms with Crippen LogP contribution in [0.4, 0.5) is 5.82 Å². The van der Waals surface area contributed by atoms with Gasteiger partial charge in [0.2, 0.25) is 0 Å². The molecule has 4 rings (SSSR count). The van der Waals surface area contributed by atoms with Gasteiger partial charge in [-0.25, -0.2) is 15.0 Å². The number of aryl methyl sites for hydroxylation is 1. The second-order valence-electron chi connectivity index (χ2n) is 6.57. The van der Waals surface area contributed by atoms with Gasteiger partial charge in [0.15, 0.2) is 17.2 Å². The third-order valence-corrected chi connectivity index (χ3v) is 4.89. The second kappa shape index (κ2) is 7.41. The second-order valence-corrected chi connectivity index (χ2v) is 6.57. The van der Waals surface area contributed by atoms with E-state index in [1.807, 2.05) is 19.3 Å². The third-order valence-electron chi connectivity index (χ3n) is 4.89. The fourth-order valence-electron chi connectivity index (χ4n) is 3.61. The SMILES string of the molecule is CCc1nc2c(N3CCC[C@@H](c4nccn4CCOC)C3)ncnc2o1. The molecule has 1 aliphatic heterocycles. The highest BCUT2D eigenvalue weighted by atomic mass is 16.5. The van der Waals surface area contributed by atoms with Crippen molar-refractivity contribution in [3.05, 3.63) is 30.4 Å². The molecule has 8 heteroatoms. The Hall–Kier alpha value is -2.48. The van der Waals surface area contributed by atoms with Gasteiger partial charge in [-0.1, -0.05) is 6.92 Å². The van der Waals surface area contributed by atoms with Gasteiger partial charge >= 0.3 is 0 Å². The summed E-state index contributed by atoms with van der Waals surface area (Å²) >= 11 is 0. The minimum absolute atomic E-state index is 0.359. The number of ether oxygens (including phenoxy) is 1. The number of hydrogen-bond acceptors (Lipinski definition) is 7. The first-order chi connectivity index (χ1) is 12.8. The molecule has 0 radical (unpaired) electrons. The predicted molar refractivity (Wildman–Crippen MR) is 97.3 cm³/mol. The molecule has 0 N–H and O–H groups in total. The van der Waals surface area contributed by atoms with Crippen molar-refractivity contribution in [2.24, 2.45) is 0 Å². The monoisotopic (exact) mass is 356 g/mol. The van der Waals surface area contributed by atoms with Crippen LogP contribution >= 0.6 is 0 Å². The van der Waals surface area contributed by atoms with Crippen molar-refractivity contribution in [3.8, 4) is 0 Å². The zero-order valence-electron chi connectivity index (χ0n) is 15.3. The maximum absolute atomic E-state index is 5.69. The molecule has 1 saturated heterocycles. The predicted octanol–water partition coefficient (Wildman–Crippen LogP) is 2.41. The molecule has 0 spiro atoms. The maximum Gasteiger partial charge on any atom is 0.252 e. The van der Waals surface area contributed by atoms with Crippen molar-refractivity contribution >= 4 is 17.0 Å². The summed E-state index contributed by atoms with van der Waals surface area (Å²) in [6.07, 6.45) is 8.42. The summed E-state index contributed by atoms with van der Waals surface area (Å²) in [6.45, 7) is 5.35. The summed E-state index contributed by atoms with van der Waals surface area (Å²) in [5.74, 6) is 3.04. The number of anilines is 1. The molecule has 0 amide bonds. The Morgan fingerprint density at radius 1 is 1.31 bits per heavy atom. The Bertz CT molecular complexity index is 874. The molecule has 3 aromatic rings. The molecule has 8 nitrogen and oxygen atoms in total. The number of methoxy groups -OCH3 is 1. The molecular formula is C18H24N6O2. The maximum atomic E-state index is 5.69. The molecule has 1 atom stereocenters. The molecule has 0 unspecified atom stereocenters. The number of fused-ring (bicyclic) bond motifs is 1. The van der Waals surface area contributed by atoms with Crippen LogP contribution in [-0.4, -0.2) is 51.3 Å². The van der Waals surface area contributed by atoms with Gasteiger partial charge in [-0.2, -0.15) is 4.98 Å². The Labute approximate surface area is 152 Å². The molecule has 138 valence electrons. The summed E-state index contributed by atoms with van der Waals surface area (Å²) in [6, 6.07) is 0. The first-order valence-electron chi connectivity index (χ1n) is 9.15. The van der Waals surface area contributed by atoms with Crippen LogP contribution in [0, 0.1) is 0 Å². The number of rotatable bonds is 6. The van der Waals surface area contributed by atoms with E-state index in [1.54, 1.807) is 13.4 Å². The van der Waals surface area contributed by atoms with E-state index in [9.17, 15) is 0 Å². The molecule has 0 aliphatic carbocycles. The van der Waals surface area contributed by atoms with Crippen LogP contribution in [-0.2, 0) is 17.7 Å². The average Bonchev–Trinajstić information content (AvgIpc) is 3.32. The largest absolute Gasteiger partial charge is 0.422 e. The molecule has 0 aromatic carbocycles. The van der Waals surface area contributed by atoms with E-state index in [0.29, 0.717) is 24.1 Å². The van der Waals surface area contributed by atoms with Crippen molar-refractivity contribution in [1.82, 2.24) is 24.5 Å². The fourth-order valence-corrected chi connectivity index (χ4v) is 3.61. The van der Waals surface area contributed by atoms with E-state index in [4.69, 9.17) is 9.15 Å². The van der Waals surface area contributed by atoms with Crippen molar-refractivity contribution < 1.29 is 9.15 Å². The third kappa shape index (κ3) is 3.16. The van der Waals surface area contributed by atoms with Crippen LogP contribution in [0.3, 0.4) is 0 Å². The lowest BCUT2D eigenvalue weighted by Gasteiger charge is -2.33. The highest BCUT2D eigenvalue weighted by molar-refractivity contribution is 5.81. The number of nitrogens with zero attached hydrogens (tertiary/aromatic N) is 6. The van der Waals surface area contributed by atoms with E-state index in [0.717, 1.165) is 56.1 Å². The molecule has 1 fully saturated rings. The molecular weight excluding hydrogens is 332 g/mol. The molecule has 1 aliphatic rings. The van der Waals surface area contributed by atoms with Crippen LogP contribution in [0.1, 0.15) is 37.4 Å². The van der Waals surface area contributed by atoms with Gasteiger partial charge in [0.05, 0.1) is 6.61 Å². The molecule has 0 bridgehead atoms. The number of aromatic nitrogens is 5. The zero-order chi connectivity index (χ0) is 17.9. The topological polar surface area (TPSA) is 82.1 Å². The lowest BCUT2D eigenvalue weighted by molar-refractivity contribution is 0.185. The van der Waals surface area contributed by atoms with Gasteiger partial charge in [0.1, 0.15) is 12.2 Å². The van der Waals surface area contributed by atoms with E-state index >= 15 is 0 Å². The van der Waals surface area contributed by atoms with Crippen molar-refractivity contribution in [2.75, 3.05) is 31.7 Å². The highest BCUT2D eigenvalue weighted by Crippen LogP contribution is 2.31. The van der Waals surface area contributed by atoms with E-state index in [1.165, 1.54) is 0 Å². The highest BCUT2D eigenvalue weighted by Gasteiger charge is 2.27. The minimum Gasteiger partial charge on any atom is -0.422 e. The lowest BCUT2D eigenvalue weighted by Crippen LogP contribution is -2.36. The van der Waals surface area contributed by atoms with Crippen molar-refractivity contribution in [3.63, 3.8) is 0 Å². The van der Waals surface area contributed by atoms with Crippen molar-refractivity contribution in [2.45, 2.75) is 38.6 Å². The number of hydrogen-bond donors (Lipinski definition) is 0. The summed E-state index contributed by atoms with van der Waals surface area (Å²) in [7, 11) is 1.72. The molecule has 0 saturated carbocycles. The van der Waals surface area contributed by atoms with Gasteiger partial charge in [-0.15, -0.1) is 0 Å². The van der Waals surface area contributed by atoms with Crippen LogP contribution in [0.2, 0.25) is 0 Å². The standard InChI is InChI=1S/C18H24N6O2/c1-3-14-22-15-17(20-12-21-18(15)26-14)24-7-4-5-13(11-24)16-19-6-8-23(16)9-10-25-2/h6,8,12-13H,3-5,7,9-11H2,1-2H3/t13-/m1/s1. The van der Waals surface area contributed by atoms with Crippen LogP contribution in [0.15, 0.2) is 23.1 Å². The normalized spacial score (nSPS) is 17.9. The van der Waals surface area contributed by atoms with Crippen LogP contribution < -0.4 is 4.90 Å². The molecule has 4 heterocycles. The zero-order valence-corrected chi connectivity index (χ0v) is 15.3. The Kier molecular flexibility index (Phi) is 4.83. The van der Waals surface area contributed by atoms with Gasteiger partial charge < -0.3 is 18.6 Å². The number of imidazole rings is 1. The first-order valence-corrected chi connectivity index (χ1v) is 9.15. The molecule has 3 aromatic heterocycles. The Morgan fingerprint density at radius 2 is 2.23 bits per heavy atom. The van der Waals surface area contributed by atoms with Crippen LogP contribution in [0.5, 0.6) is 0 Å². The van der Waals surface area contributed by atoms with E-state index in [-0.39, 0.29) is 0 Å². The van der Waals surface area contributed by atoms with Gasteiger partial charge in [-0.05, 0) is 12.8 Å². The summed E-state index contributed by atoms with van der Waals surface area (Å²) in [5.41, 5.74) is 1.32.